The third-order valence-corrected chi connectivity index (χ3v) is 4.43. The van der Waals surface area contributed by atoms with Gasteiger partial charge in [0.1, 0.15) is 5.58 Å². The number of nitrogens with zero attached hydrogens (tertiary/aromatic N) is 1. The minimum absolute atomic E-state index is 0.185. The summed E-state index contributed by atoms with van der Waals surface area (Å²) in [5.74, 6) is 0.185. The van der Waals surface area contributed by atoms with E-state index < -0.39 is 0 Å². The summed E-state index contributed by atoms with van der Waals surface area (Å²) in [5.41, 5.74) is 4.30. The molecule has 0 aliphatic carbocycles. The maximum atomic E-state index is 12.5. The second-order valence-corrected chi connectivity index (χ2v) is 6.01. The molecule has 1 fully saturated rings. The summed E-state index contributed by atoms with van der Waals surface area (Å²) in [6, 6.07) is 4.43. The van der Waals surface area contributed by atoms with Crippen molar-refractivity contribution in [2.24, 2.45) is 0 Å². The molecule has 1 saturated heterocycles. The van der Waals surface area contributed by atoms with Gasteiger partial charge in [-0.1, -0.05) is 0 Å². The lowest BCUT2D eigenvalue weighted by atomic mass is 10.0. The average molecular weight is 286 g/mol. The van der Waals surface area contributed by atoms with Gasteiger partial charge in [0, 0.05) is 36.6 Å². The molecule has 1 aliphatic heterocycles. The molecule has 4 nitrogen and oxygen atoms in total. The number of nitrogens with one attached hydrogen (secondary N) is 1. The molecule has 112 valence electrons. The second-order valence-electron chi connectivity index (χ2n) is 6.01. The van der Waals surface area contributed by atoms with Gasteiger partial charge in [0.15, 0.2) is 0 Å². The molecule has 0 unspecified atom stereocenters. The molecule has 0 saturated carbocycles. The first-order chi connectivity index (χ1) is 10.1. The minimum atomic E-state index is 0.185. The van der Waals surface area contributed by atoms with Crippen molar-refractivity contribution in [1.82, 2.24) is 10.2 Å². The van der Waals surface area contributed by atoms with Crippen LogP contribution < -0.4 is 5.32 Å². The molecule has 2 aromatic rings. The summed E-state index contributed by atoms with van der Waals surface area (Å²) in [4.78, 5) is 14.5. The van der Waals surface area contributed by atoms with Crippen molar-refractivity contribution in [3.8, 4) is 0 Å². The maximum absolute atomic E-state index is 12.5. The molecule has 0 spiro atoms. The van der Waals surface area contributed by atoms with E-state index in [4.69, 9.17) is 4.42 Å². The van der Waals surface area contributed by atoms with Crippen LogP contribution >= 0.6 is 0 Å². The number of fused-ring (bicyclic) bond motifs is 1. The van der Waals surface area contributed by atoms with Crippen molar-refractivity contribution in [2.75, 3.05) is 19.6 Å². The Hall–Kier alpha value is -1.81. The zero-order valence-corrected chi connectivity index (χ0v) is 12.9. The lowest BCUT2D eigenvalue weighted by Crippen LogP contribution is -2.52. The molecule has 4 heteroatoms. The lowest BCUT2D eigenvalue weighted by molar-refractivity contribution is -0.133. The Morgan fingerprint density at radius 2 is 2.14 bits per heavy atom. The molecule has 3 rings (SSSR count). The number of piperazine rings is 1. The summed E-state index contributed by atoms with van der Waals surface area (Å²) >= 11 is 0. The SMILES string of the molecule is Cc1cc2occ(CC(=O)N3CCNC[C@H]3C)c2cc1C. The molecule has 1 aromatic heterocycles. The molecule has 0 radical (unpaired) electrons. The van der Waals surface area contributed by atoms with Crippen LogP contribution in [-0.4, -0.2) is 36.5 Å². The number of carbonyl (C=O) groups excluding carboxylic acids is 1. The maximum Gasteiger partial charge on any atom is 0.227 e. The molecule has 1 amide bonds. The lowest BCUT2D eigenvalue weighted by Gasteiger charge is -2.34. The Kier molecular flexibility index (Phi) is 3.72. The summed E-state index contributed by atoms with van der Waals surface area (Å²) in [6.07, 6.45) is 2.15. The number of hydrogen-bond donors (Lipinski definition) is 1. The van der Waals surface area contributed by atoms with Crippen LogP contribution in [0.4, 0.5) is 0 Å². The smallest absolute Gasteiger partial charge is 0.227 e. The average Bonchev–Trinajstić information content (AvgIpc) is 2.82. The zero-order valence-electron chi connectivity index (χ0n) is 12.9. The van der Waals surface area contributed by atoms with Crippen molar-refractivity contribution in [1.29, 1.82) is 0 Å². The van der Waals surface area contributed by atoms with Crippen molar-refractivity contribution >= 4 is 16.9 Å². The van der Waals surface area contributed by atoms with Crippen molar-refractivity contribution < 1.29 is 9.21 Å². The molecular weight excluding hydrogens is 264 g/mol. The number of carbonyl (C=O) groups is 1. The summed E-state index contributed by atoms with van der Waals surface area (Å²) in [7, 11) is 0. The second kappa shape index (κ2) is 5.53. The summed E-state index contributed by atoms with van der Waals surface area (Å²) in [5, 5.41) is 4.37. The third-order valence-electron chi connectivity index (χ3n) is 4.43. The number of benzene rings is 1. The van der Waals surface area contributed by atoms with Crippen molar-refractivity contribution in [2.45, 2.75) is 33.2 Å². The first kappa shape index (κ1) is 14.1. The van der Waals surface area contributed by atoms with Gasteiger partial charge < -0.3 is 14.6 Å². The zero-order chi connectivity index (χ0) is 15.0. The number of amides is 1. The van der Waals surface area contributed by atoms with Crippen LogP contribution in [0.1, 0.15) is 23.6 Å². The van der Waals surface area contributed by atoms with Crippen LogP contribution in [-0.2, 0) is 11.2 Å². The standard InChI is InChI=1S/C17H22N2O2/c1-11-6-15-14(10-21-16(15)7-12(11)2)8-17(20)19-5-4-18-9-13(19)3/h6-7,10,13,18H,4-5,8-9H2,1-3H3/t13-/m1/s1. The highest BCUT2D eigenvalue weighted by Crippen LogP contribution is 2.25. The summed E-state index contributed by atoms with van der Waals surface area (Å²) < 4.78 is 5.62. The number of aryl methyl sites for hydroxylation is 2. The Bertz CT molecular complexity index is 675. The van der Waals surface area contributed by atoms with Crippen LogP contribution in [0.5, 0.6) is 0 Å². The normalized spacial score (nSPS) is 19.2. The van der Waals surface area contributed by atoms with E-state index in [2.05, 4.69) is 32.2 Å². The van der Waals surface area contributed by atoms with E-state index in [1.54, 1.807) is 6.26 Å². The quantitative estimate of drug-likeness (QED) is 0.922. The highest BCUT2D eigenvalue weighted by molar-refractivity contribution is 5.88. The van der Waals surface area contributed by atoms with E-state index in [9.17, 15) is 4.79 Å². The van der Waals surface area contributed by atoms with Gasteiger partial charge in [-0.25, -0.2) is 0 Å². The molecule has 0 bridgehead atoms. The number of rotatable bonds is 2. The van der Waals surface area contributed by atoms with Gasteiger partial charge in [-0.2, -0.15) is 0 Å². The van der Waals surface area contributed by atoms with E-state index in [1.807, 2.05) is 11.0 Å². The third kappa shape index (κ3) is 2.68. The van der Waals surface area contributed by atoms with Gasteiger partial charge in [0.25, 0.3) is 0 Å². The molecular formula is C17H22N2O2. The predicted octanol–water partition coefficient (Wildman–Crippen LogP) is 2.41. The van der Waals surface area contributed by atoms with Crippen LogP contribution in [0.25, 0.3) is 11.0 Å². The highest BCUT2D eigenvalue weighted by atomic mass is 16.3. The van der Waals surface area contributed by atoms with E-state index in [0.717, 1.165) is 36.2 Å². The van der Waals surface area contributed by atoms with Gasteiger partial charge in [-0.05, 0) is 44.0 Å². The van der Waals surface area contributed by atoms with Crippen molar-refractivity contribution in [3.05, 3.63) is 35.1 Å². The largest absolute Gasteiger partial charge is 0.464 e. The van der Waals surface area contributed by atoms with Crippen LogP contribution in [0.3, 0.4) is 0 Å². The van der Waals surface area contributed by atoms with Gasteiger partial charge in [0.2, 0.25) is 5.91 Å². The fourth-order valence-electron chi connectivity index (χ4n) is 2.95. The molecule has 21 heavy (non-hydrogen) atoms. The van der Waals surface area contributed by atoms with Gasteiger partial charge in [0.05, 0.1) is 12.7 Å². The van der Waals surface area contributed by atoms with Crippen LogP contribution in [0.15, 0.2) is 22.8 Å². The monoisotopic (exact) mass is 286 g/mol. The number of furan rings is 1. The van der Waals surface area contributed by atoms with Gasteiger partial charge in [-0.3, -0.25) is 4.79 Å². The van der Waals surface area contributed by atoms with E-state index >= 15 is 0 Å². The fraction of sp³-hybridized carbons (Fsp3) is 0.471. The minimum Gasteiger partial charge on any atom is -0.464 e. The van der Waals surface area contributed by atoms with E-state index in [0.29, 0.717) is 6.42 Å². The highest BCUT2D eigenvalue weighted by Gasteiger charge is 2.24. The van der Waals surface area contributed by atoms with Crippen LogP contribution in [0.2, 0.25) is 0 Å². The Morgan fingerprint density at radius 3 is 2.90 bits per heavy atom. The summed E-state index contributed by atoms with van der Waals surface area (Å²) in [6.45, 7) is 8.78. The van der Waals surface area contributed by atoms with Crippen LogP contribution in [0, 0.1) is 13.8 Å². The Labute approximate surface area is 125 Å². The molecule has 2 heterocycles. The number of hydrogen-bond acceptors (Lipinski definition) is 3. The molecule has 1 aliphatic rings. The first-order valence-corrected chi connectivity index (χ1v) is 7.54. The molecule has 1 N–H and O–H groups in total. The predicted molar refractivity (Wildman–Crippen MR) is 83.4 cm³/mol. The van der Waals surface area contributed by atoms with Crippen molar-refractivity contribution in [3.63, 3.8) is 0 Å². The Morgan fingerprint density at radius 1 is 1.38 bits per heavy atom. The topological polar surface area (TPSA) is 45.5 Å². The van der Waals surface area contributed by atoms with Gasteiger partial charge in [-0.15, -0.1) is 0 Å². The van der Waals surface area contributed by atoms with E-state index in [1.165, 1.54) is 11.1 Å². The first-order valence-electron chi connectivity index (χ1n) is 7.54. The fourth-order valence-corrected chi connectivity index (χ4v) is 2.95. The molecule has 1 atom stereocenters. The Balaban J connectivity index is 1.84. The molecule has 1 aromatic carbocycles. The van der Waals surface area contributed by atoms with Gasteiger partial charge >= 0.3 is 0 Å². The van der Waals surface area contributed by atoms with E-state index in [-0.39, 0.29) is 11.9 Å².